The average molecular weight is 307 g/mol. The van der Waals surface area contributed by atoms with E-state index in [1.54, 1.807) is 23.7 Å². The highest BCUT2D eigenvalue weighted by atomic mass is 32.2. The summed E-state index contributed by atoms with van der Waals surface area (Å²) in [6, 6.07) is 18.8. The molecule has 0 fully saturated rings. The summed E-state index contributed by atoms with van der Waals surface area (Å²) in [5, 5.41) is 9.91. The number of rotatable bonds is 3. The van der Waals surface area contributed by atoms with Gasteiger partial charge in [-0.3, -0.25) is 4.79 Å². The molecule has 3 aromatic rings. The minimum absolute atomic E-state index is 0.0177. The molecule has 0 aliphatic rings. The maximum atomic E-state index is 11.6. The van der Waals surface area contributed by atoms with E-state index in [0.717, 1.165) is 21.5 Å². The number of aryl methyl sites for hydroxylation is 1. The van der Waals surface area contributed by atoms with Gasteiger partial charge in [-0.25, -0.2) is 0 Å². The monoisotopic (exact) mass is 307 g/mol. The number of anilines is 1. The van der Waals surface area contributed by atoms with E-state index >= 15 is 0 Å². The largest absolute Gasteiger partial charge is 0.326 e. The lowest BCUT2D eigenvalue weighted by Gasteiger charge is -2.09. The van der Waals surface area contributed by atoms with Crippen molar-refractivity contribution in [3.8, 4) is 6.07 Å². The number of nitrogens with one attached hydrogen (secondary N) is 1. The van der Waals surface area contributed by atoms with Crippen LogP contribution in [0.1, 0.15) is 5.56 Å². The highest BCUT2D eigenvalue weighted by molar-refractivity contribution is 8.00. The van der Waals surface area contributed by atoms with E-state index < -0.39 is 0 Å². The van der Waals surface area contributed by atoms with Crippen LogP contribution in [0.15, 0.2) is 64.3 Å². The molecule has 0 amide bonds. The third-order valence-electron chi connectivity index (χ3n) is 3.37. The Labute approximate surface area is 132 Å². The first-order valence-corrected chi connectivity index (χ1v) is 7.52. The second-order valence-electron chi connectivity index (χ2n) is 4.85. The van der Waals surface area contributed by atoms with Crippen LogP contribution in [0.25, 0.3) is 10.9 Å². The van der Waals surface area contributed by atoms with E-state index in [9.17, 15) is 4.79 Å². The number of nitriles is 1. The van der Waals surface area contributed by atoms with Crippen LogP contribution in [-0.4, -0.2) is 4.57 Å². The predicted molar refractivity (Wildman–Crippen MR) is 89.8 cm³/mol. The van der Waals surface area contributed by atoms with Gasteiger partial charge in [0.05, 0.1) is 17.1 Å². The number of aromatic nitrogens is 1. The molecule has 1 N–H and O–H groups in total. The topological polar surface area (TPSA) is 57.8 Å². The average Bonchev–Trinajstić information content (AvgIpc) is 2.56. The molecule has 0 spiro atoms. The molecule has 108 valence electrons. The molecule has 0 unspecified atom stereocenters. The Morgan fingerprint density at radius 3 is 2.82 bits per heavy atom. The molecule has 2 aromatic carbocycles. The van der Waals surface area contributed by atoms with Crippen LogP contribution in [0.2, 0.25) is 0 Å². The zero-order chi connectivity index (χ0) is 15.5. The van der Waals surface area contributed by atoms with Crippen molar-refractivity contribution in [1.82, 2.24) is 4.57 Å². The van der Waals surface area contributed by atoms with Crippen LogP contribution >= 0.6 is 11.9 Å². The molecule has 5 heteroatoms. The van der Waals surface area contributed by atoms with Crippen LogP contribution in [0.5, 0.6) is 0 Å². The highest BCUT2D eigenvalue weighted by Crippen LogP contribution is 2.24. The van der Waals surface area contributed by atoms with Crippen molar-refractivity contribution in [2.24, 2.45) is 7.05 Å². The van der Waals surface area contributed by atoms with Crippen molar-refractivity contribution in [2.75, 3.05) is 4.72 Å². The second-order valence-corrected chi connectivity index (χ2v) is 5.73. The fourth-order valence-electron chi connectivity index (χ4n) is 2.20. The zero-order valence-electron chi connectivity index (χ0n) is 11.9. The number of hydrogen-bond donors (Lipinski definition) is 1. The van der Waals surface area contributed by atoms with Crippen LogP contribution < -0.4 is 10.3 Å². The van der Waals surface area contributed by atoms with E-state index in [-0.39, 0.29) is 5.56 Å². The molecule has 0 radical (unpaired) electrons. The SMILES string of the molecule is Cn1c(=O)ccc2cc(NSc3cccc(C#N)c3)ccc21. The number of benzene rings is 2. The van der Waals surface area contributed by atoms with Gasteiger partial charge in [0.15, 0.2) is 0 Å². The summed E-state index contributed by atoms with van der Waals surface area (Å²) in [6.45, 7) is 0. The zero-order valence-corrected chi connectivity index (χ0v) is 12.7. The maximum Gasteiger partial charge on any atom is 0.250 e. The Hall–Kier alpha value is -2.71. The van der Waals surface area contributed by atoms with Gasteiger partial charge in [-0.2, -0.15) is 5.26 Å². The molecular weight excluding hydrogens is 294 g/mol. The van der Waals surface area contributed by atoms with Crippen LogP contribution in [-0.2, 0) is 7.05 Å². The van der Waals surface area contributed by atoms with Crippen molar-refractivity contribution in [2.45, 2.75) is 4.90 Å². The molecule has 1 aromatic heterocycles. The minimum Gasteiger partial charge on any atom is -0.326 e. The normalized spacial score (nSPS) is 10.4. The molecule has 4 nitrogen and oxygen atoms in total. The third-order valence-corrected chi connectivity index (χ3v) is 4.20. The van der Waals surface area contributed by atoms with Gasteiger partial charge in [0.25, 0.3) is 5.56 Å². The lowest BCUT2D eigenvalue weighted by Crippen LogP contribution is -2.14. The summed E-state index contributed by atoms with van der Waals surface area (Å²) in [5.74, 6) is 0. The summed E-state index contributed by atoms with van der Waals surface area (Å²) in [7, 11) is 1.76. The first-order chi connectivity index (χ1) is 10.7. The van der Waals surface area contributed by atoms with Crippen molar-refractivity contribution < 1.29 is 0 Å². The molecular formula is C17H13N3OS. The van der Waals surface area contributed by atoms with Crippen LogP contribution in [0.4, 0.5) is 5.69 Å². The first-order valence-electron chi connectivity index (χ1n) is 6.70. The molecule has 3 rings (SSSR count). The first kappa shape index (κ1) is 14.2. The van der Waals surface area contributed by atoms with Gasteiger partial charge in [-0.05, 0) is 54.4 Å². The molecule has 0 saturated heterocycles. The van der Waals surface area contributed by atoms with Gasteiger partial charge in [-0.15, -0.1) is 0 Å². The molecule has 22 heavy (non-hydrogen) atoms. The van der Waals surface area contributed by atoms with Crippen LogP contribution in [0.3, 0.4) is 0 Å². The number of fused-ring (bicyclic) bond motifs is 1. The number of pyridine rings is 1. The minimum atomic E-state index is -0.0177. The van der Waals surface area contributed by atoms with Crippen molar-refractivity contribution >= 4 is 28.5 Å². The van der Waals surface area contributed by atoms with Crippen molar-refractivity contribution in [1.29, 1.82) is 5.26 Å². The Kier molecular flexibility index (Phi) is 3.86. The number of hydrogen-bond acceptors (Lipinski definition) is 4. The third kappa shape index (κ3) is 2.83. The van der Waals surface area contributed by atoms with Gasteiger partial charge < -0.3 is 9.29 Å². The highest BCUT2D eigenvalue weighted by Gasteiger charge is 2.02. The second kappa shape index (κ2) is 5.96. The summed E-state index contributed by atoms with van der Waals surface area (Å²) < 4.78 is 4.89. The Balaban J connectivity index is 1.84. The Morgan fingerprint density at radius 1 is 1.14 bits per heavy atom. The predicted octanol–water partition coefficient (Wildman–Crippen LogP) is 3.53. The molecule has 0 aliphatic carbocycles. The Morgan fingerprint density at radius 2 is 2.00 bits per heavy atom. The number of nitrogens with zero attached hydrogens (tertiary/aromatic N) is 2. The summed E-state index contributed by atoms with van der Waals surface area (Å²) in [5.41, 5.74) is 2.46. The van der Waals surface area contributed by atoms with Gasteiger partial charge in [0, 0.05) is 29.1 Å². The van der Waals surface area contributed by atoms with Gasteiger partial charge in [-0.1, -0.05) is 6.07 Å². The summed E-state index contributed by atoms with van der Waals surface area (Å²) >= 11 is 1.45. The van der Waals surface area contributed by atoms with Gasteiger partial charge in [0.2, 0.25) is 0 Å². The summed E-state index contributed by atoms with van der Waals surface area (Å²) in [4.78, 5) is 12.6. The smallest absolute Gasteiger partial charge is 0.250 e. The molecule has 1 heterocycles. The van der Waals surface area contributed by atoms with Crippen LogP contribution in [0, 0.1) is 11.3 Å². The van der Waals surface area contributed by atoms with Crippen molar-refractivity contribution in [3.05, 3.63) is 70.5 Å². The van der Waals surface area contributed by atoms with E-state index in [1.807, 2.05) is 42.5 Å². The molecule has 0 saturated carbocycles. The lowest BCUT2D eigenvalue weighted by molar-refractivity contribution is 0.906. The summed E-state index contributed by atoms with van der Waals surface area (Å²) in [6.07, 6.45) is 0. The molecule has 0 bridgehead atoms. The van der Waals surface area contributed by atoms with E-state index in [1.165, 1.54) is 11.9 Å². The van der Waals surface area contributed by atoms with E-state index in [0.29, 0.717) is 5.56 Å². The quantitative estimate of drug-likeness (QED) is 0.752. The standard InChI is InChI=1S/C17H13N3OS/c1-20-16-7-6-14(10-13(16)5-8-17(20)21)19-22-15-4-2-3-12(9-15)11-18/h2-10,19H,1H3. The maximum absolute atomic E-state index is 11.6. The fourth-order valence-corrected chi connectivity index (χ4v) is 2.89. The fraction of sp³-hybridized carbons (Fsp3) is 0.0588. The van der Waals surface area contributed by atoms with E-state index in [2.05, 4.69) is 10.8 Å². The molecule has 0 aliphatic heterocycles. The van der Waals surface area contributed by atoms with E-state index in [4.69, 9.17) is 5.26 Å². The lowest BCUT2D eigenvalue weighted by atomic mass is 10.2. The van der Waals surface area contributed by atoms with Gasteiger partial charge >= 0.3 is 0 Å². The van der Waals surface area contributed by atoms with Crippen molar-refractivity contribution in [3.63, 3.8) is 0 Å². The molecule has 0 atom stereocenters. The van der Waals surface area contributed by atoms with Gasteiger partial charge in [0.1, 0.15) is 0 Å². The Bertz CT molecular complexity index is 941.